The number of hydrogen-bond donors (Lipinski definition) is 4. The van der Waals surface area contributed by atoms with E-state index in [0.717, 1.165) is 0 Å². The fourth-order valence-electron chi connectivity index (χ4n) is 1.21. The van der Waals surface area contributed by atoms with Crippen molar-refractivity contribution in [1.82, 2.24) is 9.97 Å². The second-order valence-electron chi connectivity index (χ2n) is 2.96. The van der Waals surface area contributed by atoms with Crippen LogP contribution in [0, 0.1) is 0 Å². The Bertz CT molecular complexity index is 474. The Kier molecular flexibility index (Phi) is 3.40. The topological polar surface area (TPSA) is 129 Å². The van der Waals surface area contributed by atoms with Gasteiger partial charge in [-0.25, -0.2) is 9.59 Å². The number of aromatic carboxylic acids is 1. The summed E-state index contributed by atoms with van der Waals surface area (Å²) in [6, 6.07) is 0. The average molecular weight is 213 g/mol. The molecule has 7 nitrogen and oxygen atoms in total. The summed E-state index contributed by atoms with van der Waals surface area (Å²) in [6.45, 7) is 0.345. The molecule has 0 aromatic carbocycles. The number of aromatic amines is 2. The van der Waals surface area contributed by atoms with Gasteiger partial charge in [-0.2, -0.15) is 0 Å². The van der Waals surface area contributed by atoms with E-state index in [-0.39, 0.29) is 17.7 Å². The number of H-pyrrole nitrogens is 2. The number of carboxylic acids is 1. The minimum absolute atomic E-state index is 0.0487. The normalized spacial score (nSPS) is 10.2. The molecule has 7 heteroatoms. The molecule has 0 aliphatic heterocycles. The fraction of sp³-hybridized carbons (Fsp3) is 0.375. The first kappa shape index (κ1) is 11.2. The first-order valence-electron chi connectivity index (χ1n) is 4.35. The summed E-state index contributed by atoms with van der Waals surface area (Å²) in [5, 5.41) is 8.76. The fourth-order valence-corrected chi connectivity index (χ4v) is 1.21. The quantitative estimate of drug-likeness (QED) is 0.491. The van der Waals surface area contributed by atoms with Crippen molar-refractivity contribution in [3.05, 3.63) is 32.1 Å². The van der Waals surface area contributed by atoms with Crippen LogP contribution in [0.15, 0.2) is 9.59 Å². The van der Waals surface area contributed by atoms with Crippen LogP contribution in [-0.2, 0) is 6.42 Å². The van der Waals surface area contributed by atoms with Crippen LogP contribution in [0.3, 0.4) is 0 Å². The van der Waals surface area contributed by atoms with E-state index in [1.165, 1.54) is 0 Å². The third-order valence-electron chi connectivity index (χ3n) is 1.89. The molecule has 0 amide bonds. The monoisotopic (exact) mass is 213 g/mol. The van der Waals surface area contributed by atoms with Crippen LogP contribution in [0.25, 0.3) is 0 Å². The van der Waals surface area contributed by atoms with E-state index in [0.29, 0.717) is 13.0 Å². The van der Waals surface area contributed by atoms with Gasteiger partial charge in [0.2, 0.25) is 0 Å². The largest absolute Gasteiger partial charge is 0.477 e. The predicted octanol–water partition coefficient (Wildman–Crippen LogP) is -1.35. The highest BCUT2D eigenvalue weighted by atomic mass is 16.4. The van der Waals surface area contributed by atoms with Gasteiger partial charge in [0.15, 0.2) is 0 Å². The Morgan fingerprint density at radius 3 is 2.53 bits per heavy atom. The van der Waals surface area contributed by atoms with E-state index in [1.807, 2.05) is 4.98 Å². The van der Waals surface area contributed by atoms with Gasteiger partial charge in [-0.3, -0.25) is 9.78 Å². The molecule has 0 bridgehead atoms. The standard InChI is InChI=1S/C8H11N3O4/c9-3-1-2-4-5(7(13)14)10-8(15)11-6(4)12/h1-3,9H2,(H,13,14)(H2,10,11,12,15). The van der Waals surface area contributed by atoms with Crippen LogP contribution >= 0.6 is 0 Å². The zero-order chi connectivity index (χ0) is 11.4. The maximum atomic E-state index is 11.3. The SMILES string of the molecule is NCCCc1c(C(=O)O)[nH]c(=O)[nH]c1=O. The average Bonchev–Trinajstić information content (AvgIpc) is 2.15. The van der Waals surface area contributed by atoms with Crippen molar-refractivity contribution in [2.24, 2.45) is 5.73 Å². The second kappa shape index (κ2) is 4.56. The summed E-state index contributed by atoms with van der Waals surface area (Å²) in [6.07, 6.45) is 0.708. The van der Waals surface area contributed by atoms with E-state index in [2.05, 4.69) is 4.98 Å². The molecule has 0 aliphatic carbocycles. The van der Waals surface area contributed by atoms with Crippen molar-refractivity contribution in [2.45, 2.75) is 12.8 Å². The van der Waals surface area contributed by atoms with Crippen molar-refractivity contribution in [1.29, 1.82) is 0 Å². The molecule has 0 atom stereocenters. The van der Waals surface area contributed by atoms with Crippen LogP contribution in [0.2, 0.25) is 0 Å². The van der Waals surface area contributed by atoms with Crippen molar-refractivity contribution in [2.75, 3.05) is 6.54 Å². The van der Waals surface area contributed by atoms with Gasteiger partial charge in [-0.15, -0.1) is 0 Å². The minimum Gasteiger partial charge on any atom is -0.477 e. The van der Waals surface area contributed by atoms with Crippen molar-refractivity contribution in [3.63, 3.8) is 0 Å². The molecule has 0 unspecified atom stereocenters. The summed E-state index contributed by atoms with van der Waals surface area (Å²) in [7, 11) is 0. The van der Waals surface area contributed by atoms with Crippen LogP contribution in [0.1, 0.15) is 22.5 Å². The molecule has 0 saturated heterocycles. The molecule has 0 spiro atoms. The second-order valence-corrected chi connectivity index (χ2v) is 2.96. The Morgan fingerprint density at radius 2 is 2.00 bits per heavy atom. The number of nitrogens with one attached hydrogen (secondary N) is 2. The lowest BCUT2D eigenvalue weighted by molar-refractivity contribution is 0.0688. The Balaban J connectivity index is 3.27. The van der Waals surface area contributed by atoms with E-state index in [1.54, 1.807) is 0 Å². The Labute approximate surface area is 83.9 Å². The zero-order valence-corrected chi connectivity index (χ0v) is 7.87. The molecule has 0 radical (unpaired) electrons. The summed E-state index contributed by atoms with van der Waals surface area (Å²) in [5.74, 6) is -1.33. The molecule has 1 aromatic rings. The lowest BCUT2D eigenvalue weighted by Crippen LogP contribution is -2.30. The number of rotatable bonds is 4. The van der Waals surface area contributed by atoms with Crippen molar-refractivity contribution < 1.29 is 9.90 Å². The van der Waals surface area contributed by atoms with Gasteiger partial charge in [0, 0.05) is 5.56 Å². The molecule has 1 aromatic heterocycles. The zero-order valence-electron chi connectivity index (χ0n) is 7.87. The first-order chi connectivity index (χ1) is 7.06. The maximum Gasteiger partial charge on any atom is 0.352 e. The highest BCUT2D eigenvalue weighted by Gasteiger charge is 2.14. The maximum absolute atomic E-state index is 11.3. The smallest absolute Gasteiger partial charge is 0.352 e. The number of carboxylic acid groups (broad SMARTS) is 1. The molecule has 1 rings (SSSR count). The molecule has 0 fully saturated rings. The van der Waals surface area contributed by atoms with E-state index in [9.17, 15) is 14.4 Å². The molecule has 0 aliphatic rings. The van der Waals surface area contributed by atoms with Crippen molar-refractivity contribution >= 4 is 5.97 Å². The van der Waals surface area contributed by atoms with E-state index in [4.69, 9.17) is 10.8 Å². The van der Waals surface area contributed by atoms with Crippen molar-refractivity contribution in [3.8, 4) is 0 Å². The first-order valence-corrected chi connectivity index (χ1v) is 4.35. The van der Waals surface area contributed by atoms with Gasteiger partial charge in [-0.05, 0) is 19.4 Å². The molecule has 0 saturated carbocycles. The number of carbonyl (C=O) groups is 1. The lowest BCUT2D eigenvalue weighted by atomic mass is 10.1. The molecule has 5 N–H and O–H groups in total. The van der Waals surface area contributed by atoms with Gasteiger partial charge < -0.3 is 15.8 Å². The van der Waals surface area contributed by atoms with Gasteiger partial charge in [0.1, 0.15) is 5.69 Å². The summed E-state index contributed by atoms with van der Waals surface area (Å²) in [5.41, 5.74) is 3.43. The molecular weight excluding hydrogens is 202 g/mol. The molecular formula is C8H11N3O4. The Hall–Kier alpha value is -1.89. The summed E-state index contributed by atoms with van der Waals surface area (Å²) >= 11 is 0. The predicted molar refractivity (Wildman–Crippen MR) is 52.0 cm³/mol. The molecule has 1 heterocycles. The third-order valence-corrected chi connectivity index (χ3v) is 1.89. The van der Waals surface area contributed by atoms with Crippen LogP contribution in [0.5, 0.6) is 0 Å². The van der Waals surface area contributed by atoms with Gasteiger partial charge >= 0.3 is 11.7 Å². The van der Waals surface area contributed by atoms with Crippen LogP contribution in [0.4, 0.5) is 0 Å². The number of aromatic nitrogens is 2. The summed E-state index contributed by atoms with van der Waals surface area (Å²) in [4.78, 5) is 36.9. The van der Waals surface area contributed by atoms with E-state index < -0.39 is 17.2 Å². The van der Waals surface area contributed by atoms with Crippen LogP contribution in [-0.4, -0.2) is 27.6 Å². The van der Waals surface area contributed by atoms with E-state index >= 15 is 0 Å². The molecule has 15 heavy (non-hydrogen) atoms. The van der Waals surface area contributed by atoms with Crippen LogP contribution < -0.4 is 17.0 Å². The summed E-state index contributed by atoms with van der Waals surface area (Å²) < 4.78 is 0. The number of hydrogen-bond acceptors (Lipinski definition) is 4. The highest BCUT2D eigenvalue weighted by molar-refractivity contribution is 5.86. The Morgan fingerprint density at radius 1 is 1.33 bits per heavy atom. The number of nitrogens with two attached hydrogens (primary N) is 1. The van der Waals surface area contributed by atoms with Gasteiger partial charge in [-0.1, -0.05) is 0 Å². The third kappa shape index (κ3) is 2.53. The highest BCUT2D eigenvalue weighted by Crippen LogP contribution is 2.00. The van der Waals surface area contributed by atoms with Gasteiger partial charge in [0.25, 0.3) is 5.56 Å². The van der Waals surface area contributed by atoms with Gasteiger partial charge in [0.05, 0.1) is 0 Å². The lowest BCUT2D eigenvalue weighted by Gasteiger charge is -2.02. The minimum atomic E-state index is -1.33. The molecule has 82 valence electrons.